The van der Waals surface area contributed by atoms with Gasteiger partial charge in [-0.2, -0.15) is 0 Å². The number of hydrogen-bond acceptors (Lipinski definition) is 3. The van der Waals surface area contributed by atoms with Gasteiger partial charge in [-0.3, -0.25) is 4.79 Å². The monoisotopic (exact) mass is 429 g/mol. The SMILES string of the molecule is COc1ccc(/C=C(/C(=O)N[C@H](CC(C)C)c2ccc(OC)cc2)c2ccccc2)cc1. The summed E-state index contributed by atoms with van der Waals surface area (Å²) in [7, 11) is 3.29. The number of carbonyl (C=O) groups excluding carboxylic acids is 1. The highest BCUT2D eigenvalue weighted by Gasteiger charge is 2.20. The molecule has 4 nitrogen and oxygen atoms in total. The molecule has 32 heavy (non-hydrogen) atoms. The van der Waals surface area contributed by atoms with Crippen LogP contribution in [0.15, 0.2) is 78.9 Å². The van der Waals surface area contributed by atoms with Crippen molar-refractivity contribution in [2.45, 2.75) is 26.3 Å². The molecule has 3 aromatic rings. The summed E-state index contributed by atoms with van der Waals surface area (Å²) in [6, 6.07) is 25.2. The van der Waals surface area contributed by atoms with Gasteiger partial charge in [-0.1, -0.05) is 68.4 Å². The maximum absolute atomic E-state index is 13.5. The maximum atomic E-state index is 13.5. The van der Waals surface area contributed by atoms with E-state index in [1.54, 1.807) is 14.2 Å². The number of carbonyl (C=O) groups is 1. The Balaban J connectivity index is 1.93. The summed E-state index contributed by atoms with van der Waals surface area (Å²) in [5, 5.41) is 3.27. The second kappa shape index (κ2) is 11.2. The van der Waals surface area contributed by atoms with Crippen molar-refractivity contribution in [1.82, 2.24) is 5.32 Å². The van der Waals surface area contributed by atoms with Gasteiger partial charge in [0.25, 0.3) is 5.91 Å². The lowest BCUT2D eigenvalue weighted by atomic mass is 9.95. The number of methoxy groups -OCH3 is 2. The van der Waals surface area contributed by atoms with E-state index in [1.807, 2.05) is 84.9 Å². The summed E-state index contributed by atoms with van der Waals surface area (Å²) in [6.45, 7) is 4.32. The zero-order valence-corrected chi connectivity index (χ0v) is 19.2. The Morgan fingerprint density at radius 2 is 1.41 bits per heavy atom. The molecular formula is C28H31NO3. The summed E-state index contributed by atoms with van der Waals surface area (Å²) in [5.41, 5.74) is 3.49. The van der Waals surface area contributed by atoms with Gasteiger partial charge in [0.15, 0.2) is 0 Å². The van der Waals surface area contributed by atoms with Gasteiger partial charge in [-0.05, 0) is 59.4 Å². The van der Waals surface area contributed by atoms with Crippen LogP contribution in [0.4, 0.5) is 0 Å². The van der Waals surface area contributed by atoms with Gasteiger partial charge in [-0.15, -0.1) is 0 Å². The van der Waals surface area contributed by atoms with Crippen LogP contribution in [-0.2, 0) is 4.79 Å². The molecule has 0 heterocycles. The van der Waals surface area contributed by atoms with Crippen molar-refractivity contribution in [3.63, 3.8) is 0 Å². The van der Waals surface area contributed by atoms with Gasteiger partial charge in [0.2, 0.25) is 0 Å². The van der Waals surface area contributed by atoms with Crippen molar-refractivity contribution in [1.29, 1.82) is 0 Å². The Morgan fingerprint density at radius 1 is 0.844 bits per heavy atom. The molecule has 0 aliphatic heterocycles. The van der Waals surface area contributed by atoms with E-state index in [1.165, 1.54) is 0 Å². The highest BCUT2D eigenvalue weighted by atomic mass is 16.5. The molecule has 0 spiro atoms. The molecule has 0 fully saturated rings. The first kappa shape index (κ1) is 23.1. The maximum Gasteiger partial charge on any atom is 0.252 e. The summed E-state index contributed by atoms with van der Waals surface area (Å²) in [4.78, 5) is 13.5. The first-order valence-electron chi connectivity index (χ1n) is 10.9. The minimum absolute atomic E-state index is 0.101. The Labute approximate surface area is 190 Å². The fourth-order valence-electron chi connectivity index (χ4n) is 3.59. The van der Waals surface area contributed by atoms with Crippen molar-refractivity contribution in [2.24, 2.45) is 5.92 Å². The average Bonchev–Trinajstić information content (AvgIpc) is 2.82. The van der Waals surface area contributed by atoms with E-state index in [0.29, 0.717) is 11.5 Å². The quantitative estimate of drug-likeness (QED) is 0.328. The van der Waals surface area contributed by atoms with Crippen LogP contribution in [0, 0.1) is 5.92 Å². The van der Waals surface area contributed by atoms with Crippen molar-refractivity contribution in [3.05, 3.63) is 95.6 Å². The van der Waals surface area contributed by atoms with E-state index < -0.39 is 0 Å². The number of amides is 1. The van der Waals surface area contributed by atoms with Gasteiger partial charge < -0.3 is 14.8 Å². The molecule has 0 unspecified atom stereocenters. The minimum Gasteiger partial charge on any atom is -0.497 e. The Kier molecular flexibility index (Phi) is 8.09. The molecule has 3 aromatic carbocycles. The fraction of sp³-hybridized carbons (Fsp3) is 0.250. The van der Waals surface area contributed by atoms with Crippen molar-refractivity contribution >= 4 is 17.6 Å². The average molecular weight is 430 g/mol. The van der Waals surface area contributed by atoms with Crippen molar-refractivity contribution in [3.8, 4) is 11.5 Å². The molecule has 0 aromatic heterocycles. The summed E-state index contributed by atoms with van der Waals surface area (Å²) >= 11 is 0. The molecule has 3 rings (SSSR count). The third kappa shape index (κ3) is 6.24. The molecule has 0 saturated carbocycles. The van der Waals surface area contributed by atoms with Crippen molar-refractivity contribution < 1.29 is 14.3 Å². The van der Waals surface area contributed by atoms with Crippen molar-refractivity contribution in [2.75, 3.05) is 14.2 Å². The number of hydrogen-bond donors (Lipinski definition) is 1. The standard InChI is InChI=1S/C28H31NO3/c1-20(2)18-27(23-12-16-25(32-4)17-13-23)29-28(30)26(22-8-6-5-7-9-22)19-21-10-14-24(31-3)15-11-21/h5-17,19-20,27H,18H2,1-4H3,(H,29,30)/b26-19+/t27-/m1/s1. The van der Waals surface area contributed by atoms with Crippen LogP contribution >= 0.6 is 0 Å². The number of benzene rings is 3. The van der Waals surface area contributed by atoms with E-state index in [-0.39, 0.29) is 11.9 Å². The molecule has 0 radical (unpaired) electrons. The van der Waals surface area contributed by atoms with E-state index in [4.69, 9.17) is 9.47 Å². The normalized spacial score (nSPS) is 12.3. The topological polar surface area (TPSA) is 47.6 Å². The van der Waals surface area contributed by atoms with Crippen LogP contribution in [0.25, 0.3) is 11.6 Å². The molecule has 4 heteroatoms. The van der Waals surface area contributed by atoms with Crippen LogP contribution < -0.4 is 14.8 Å². The molecule has 0 saturated heterocycles. The summed E-state index contributed by atoms with van der Waals surface area (Å²) in [6.07, 6.45) is 2.76. The lowest BCUT2D eigenvalue weighted by Gasteiger charge is -2.22. The first-order chi connectivity index (χ1) is 15.5. The number of ether oxygens (including phenoxy) is 2. The first-order valence-corrected chi connectivity index (χ1v) is 10.9. The van der Waals surface area contributed by atoms with Gasteiger partial charge >= 0.3 is 0 Å². The van der Waals surface area contributed by atoms with Crippen LogP contribution in [0.3, 0.4) is 0 Å². The molecule has 0 aliphatic carbocycles. The molecule has 1 N–H and O–H groups in total. The van der Waals surface area contributed by atoms with Gasteiger partial charge in [0, 0.05) is 5.57 Å². The molecular weight excluding hydrogens is 398 g/mol. The Bertz CT molecular complexity index is 1020. The zero-order valence-electron chi connectivity index (χ0n) is 19.2. The third-order valence-electron chi connectivity index (χ3n) is 5.29. The second-order valence-corrected chi connectivity index (χ2v) is 8.13. The molecule has 166 valence electrons. The zero-order chi connectivity index (χ0) is 22.9. The van der Waals surface area contributed by atoms with Gasteiger partial charge in [-0.25, -0.2) is 0 Å². The van der Waals surface area contributed by atoms with E-state index in [2.05, 4.69) is 19.2 Å². The highest BCUT2D eigenvalue weighted by Crippen LogP contribution is 2.26. The molecule has 1 amide bonds. The summed E-state index contributed by atoms with van der Waals surface area (Å²) in [5.74, 6) is 1.90. The van der Waals surface area contributed by atoms with Crippen LogP contribution in [0.5, 0.6) is 11.5 Å². The predicted molar refractivity (Wildman–Crippen MR) is 131 cm³/mol. The lowest BCUT2D eigenvalue weighted by Crippen LogP contribution is -2.30. The van der Waals surface area contributed by atoms with E-state index in [9.17, 15) is 4.79 Å². The Hall–Kier alpha value is -3.53. The minimum atomic E-state index is -0.103. The van der Waals surface area contributed by atoms with Crippen LogP contribution in [0.1, 0.15) is 43.0 Å². The van der Waals surface area contributed by atoms with Crippen LogP contribution in [0.2, 0.25) is 0 Å². The highest BCUT2D eigenvalue weighted by molar-refractivity contribution is 6.24. The predicted octanol–water partition coefficient (Wildman–Crippen LogP) is 6.15. The smallest absolute Gasteiger partial charge is 0.252 e. The Morgan fingerprint density at radius 3 is 1.94 bits per heavy atom. The fourth-order valence-corrected chi connectivity index (χ4v) is 3.59. The third-order valence-corrected chi connectivity index (χ3v) is 5.29. The largest absolute Gasteiger partial charge is 0.497 e. The number of rotatable bonds is 9. The lowest BCUT2D eigenvalue weighted by molar-refractivity contribution is -0.116. The molecule has 0 bridgehead atoms. The summed E-state index contributed by atoms with van der Waals surface area (Å²) < 4.78 is 10.5. The van der Waals surface area contributed by atoms with Gasteiger partial charge in [0.1, 0.15) is 11.5 Å². The molecule has 0 aliphatic rings. The van der Waals surface area contributed by atoms with Gasteiger partial charge in [0.05, 0.1) is 20.3 Å². The van der Waals surface area contributed by atoms with E-state index >= 15 is 0 Å². The van der Waals surface area contributed by atoms with Crippen LogP contribution in [-0.4, -0.2) is 20.1 Å². The molecule has 1 atom stereocenters. The van der Waals surface area contributed by atoms with E-state index in [0.717, 1.165) is 34.6 Å². The second-order valence-electron chi connectivity index (χ2n) is 8.13. The number of nitrogens with one attached hydrogen (secondary N) is 1.